The molecule has 0 bridgehead atoms. The number of ether oxygens (including phenoxy) is 1. The van der Waals surface area contributed by atoms with Crippen LogP contribution in [0.3, 0.4) is 0 Å². The van der Waals surface area contributed by atoms with Crippen LogP contribution in [-0.4, -0.2) is 62.7 Å². The fraction of sp³-hybridized carbons (Fsp3) is 0.579. The molecular formula is C19H27N3O5S. The van der Waals surface area contributed by atoms with E-state index >= 15 is 0 Å². The van der Waals surface area contributed by atoms with Crippen molar-refractivity contribution in [3.63, 3.8) is 0 Å². The van der Waals surface area contributed by atoms with Gasteiger partial charge in [-0.1, -0.05) is 13.3 Å². The van der Waals surface area contributed by atoms with Crippen LogP contribution in [0.15, 0.2) is 23.1 Å². The lowest BCUT2D eigenvalue weighted by atomic mass is 9.96. The second kappa shape index (κ2) is 8.48. The minimum atomic E-state index is -3.69. The van der Waals surface area contributed by atoms with Crippen LogP contribution in [0.25, 0.3) is 0 Å². The lowest BCUT2D eigenvalue weighted by molar-refractivity contribution is -0.135. The van der Waals surface area contributed by atoms with Gasteiger partial charge in [-0.3, -0.25) is 9.59 Å². The lowest BCUT2D eigenvalue weighted by Gasteiger charge is -2.32. The van der Waals surface area contributed by atoms with E-state index in [9.17, 15) is 18.0 Å². The number of hydrogen-bond acceptors (Lipinski definition) is 5. The number of fused-ring (bicyclic) bond motifs is 1. The molecule has 1 fully saturated rings. The van der Waals surface area contributed by atoms with Crippen molar-refractivity contribution < 1.29 is 22.7 Å². The van der Waals surface area contributed by atoms with Crippen LogP contribution in [0.5, 0.6) is 5.75 Å². The first-order valence-electron chi connectivity index (χ1n) is 9.64. The van der Waals surface area contributed by atoms with Gasteiger partial charge in [-0.15, -0.1) is 0 Å². The van der Waals surface area contributed by atoms with Crippen molar-refractivity contribution >= 4 is 27.5 Å². The zero-order valence-corrected chi connectivity index (χ0v) is 17.1. The van der Waals surface area contributed by atoms with Crippen LogP contribution in [0, 0.1) is 5.92 Å². The Hall–Kier alpha value is -2.13. The first-order chi connectivity index (χ1) is 13.3. The maximum absolute atomic E-state index is 13.0. The molecular weight excluding hydrogens is 382 g/mol. The molecule has 2 amide bonds. The highest BCUT2D eigenvalue weighted by atomic mass is 32.2. The third kappa shape index (κ3) is 4.30. The van der Waals surface area contributed by atoms with Gasteiger partial charge in [-0.05, 0) is 37.5 Å². The summed E-state index contributed by atoms with van der Waals surface area (Å²) in [5.41, 5.74) is 0.361. The average Bonchev–Trinajstić information content (AvgIpc) is 2.70. The second-order valence-corrected chi connectivity index (χ2v) is 9.22. The average molecular weight is 410 g/mol. The summed E-state index contributed by atoms with van der Waals surface area (Å²) in [6.07, 6.45) is 3.02. The molecule has 1 aromatic rings. The van der Waals surface area contributed by atoms with Crippen molar-refractivity contribution in [2.24, 2.45) is 5.92 Å². The minimum Gasteiger partial charge on any atom is -0.482 e. The van der Waals surface area contributed by atoms with E-state index in [1.165, 1.54) is 16.4 Å². The quantitative estimate of drug-likeness (QED) is 0.771. The summed E-state index contributed by atoms with van der Waals surface area (Å²) >= 11 is 0. The molecule has 9 heteroatoms. The van der Waals surface area contributed by atoms with Crippen molar-refractivity contribution in [2.75, 3.05) is 38.6 Å². The molecule has 28 heavy (non-hydrogen) atoms. The molecule has 0 radical (unpaired) electrons. The molecule has 2 heterocycles. The zero-order valence-electron chi connectivity index (χ0n) is 16.3. The number of sulfonamides is 1. The van der Waals surface area contributed by atoms with Gasteiger partial charge in [-0.2, -0.15) is 4.31 Å². The van der Waals surface area contributed by atoms with E-state index in [0.717, 1.165) is 19.4 Å². The number of carbonyl (C=O) groups excluding carboxylic acids is 2. The summed E-state index contributed by atoms with van der Waals surface area (Å²) in [6, 6.07) is 4.47. The van der Waals surface area contributed by atoms with Gasteiger partial charge in [0.15, 0.2) is 6.61 Å². The van der Waals surface area contributed by atoms with Gasteiger partial charge < -0.3 is 15.0 Å². The molecule has 0 aromatic heterocycles. The topological polar surface area (TPSA) is 96.0 Å². The molecule has 1 saturated heterocycles. The molecule has 0 saturated carbocycles. The van der Waals surface area contributed by atoms with E-state index in [1.54, 1.807) is 11.0 Å². The minimum absolute atomic E-state index is 0.0761. The normalized spacial score (nSPS) is 18.1. The van der Waals surface area contributed by atoms with Crippen LogP contribution in [0.1, 0.15) is 32.6 Å². The first-order valence-corrected chi connectivity index (χ1v) is 11.1. The number of nitrogens with one attached hydrogen (secondary N) is 1. The van der Waals surface area contributed by atoms with Gasteiger partial charge in [0.05, 0.1) is 10.6 Å². The van der Waals surface area contributed by atoms with Crippen LogP contribution >= 0.6 is 0 Å². The molecule has 0 aliphatic carbocycles. The molecule has 2 aliphatic heterocycles. The second-order valence-electron chi connectivity index (χ2n) is 7.29. The summed E-state index contributed by atoms with van der Waals surface area (Å²) in [5, 5.41) is 2.63. The van der Waals surface area contributed by atoms with Crippen LogP contribution in [0.4, 0.5) is 5.69 Å². The summed E-state index contributed by atoms with van der Waals surface area (Å²) in [7, 11) is -1.88. The van der Waals surface area contributed by atoms with E-state index in [0.29, 0.717) is 37.4 Å². The number of amides is 2. The molecule has 1 N–H and O–H groups in total. The maximum Gasteiger partial charge on any atom is 0.262 e. The maximum atomic E-state index is 13.0. The van der Waals surface area contributed by atoms with Crippen LogP contribution in [0.2, 0.25) is 0 Å². The highest BCUT2D eigenvalue weighted by Gasteiger charge is 2.33. The molecule has 0 spiro atoms. The van der Waals surface area contributed by atoms with E-state index < -0.39 is 10.0 Å². The molecule has 8 nitrogen and oxygen atoms in total. The van der Waals surface area contributed by atoms with Gasteiger partial charge in [0, 0.05) is 32.6 Å². The molecule has 1 aromatic carbocycles. The number of unbranched alkanes of at least 4 members (excludes halogenated alkanes) is 1. The van der Waals surface area contributed by atoms with Gasteiger partial charge in [0.1, 0.15) is 5.75 Å². The largest absolute Gasteiger partial charge is 0.482 e. The number of rotatable bonds is 6. The fourth-order valence-corrected chi connectivity index (χ4v) is 5.03. The Morgan fingerprint density at radius 3 is 2.71 bits per heavy atom. The fourth-order valence-electron chi connectivity index (χ4n) is 3.53. The highest BCUT2D eigenvalue weighted by molar-refractivity contribution is 7.89. The Bertz CT molecular complexity index is 847. The zero-order chi connectivity index (χ0) is 20.3. The van der Waals surface area contributed by atoms with Gasteiger partial charge in [0.25, 0.3) is 5.91 Å². The van der Waals surface area contributed by atoms with E-state index in [2.05, 4.69) is 12.2 Å². The summed E-state index contributed by atoms with van der Waals surface area (Å²) < 4.78 is 32.7. The van der Waals surface area contributed by atoms with E-state index in [-0.39, 0.29) is 29.2 Å². The Balaban J connectivity index is 1.66. The number of anilines is 1. The number of nitrogens with zero attached hydrogens (tertiary/aromatic N) is 2. The van der Waals surface area contributed by atoms with Crippen LogP contribution in [-0.2, 0) is 19.6 Å². The summed E-state index contributed by atoms with van der Waals surface area (Å²) in [5.74, 6) is 0.107. The monoisotopic (exact) mass is 409 g/mol. The van der Waals surface area contributed by atoms with Crippen molar-refractivity contribution in [1.29, 1.82) is 0 Å². The number of hydrogen-bond donors (Lipinski definition) is 1. The standard InChI is InChI=1S/C19H27N3O5S/c1-3-4-9-21(2)19(24)14-7-10-22(11-8-14)28(25,26)15-5-6-17-16(12-15)20-18(23)13-27-17/h5-6,12,14H,3-4,7-11,13H2,1-2H3,(H,20,23). The first kappa shape index (κ1) is 20.6. The Morgan fingerprint density at radius 2 is 2.04 bits per heavy atom. The highest BCUT2D eigenvalue weighted by Crippen LogP contribution is 2.32. The lowest BCUT2D eigenvalue weighted by Crippen LogP contribution is -2.43. The van der Waals surface area contributed by atoms with E-state index in [1.807, 2.05) is 7.05 Å². The molecule has 0 atom stereocenters. The Morgan fingerprint density at radius 1 is 1.32 bits per heavy atom. The molecule has 0 unspecified atom stereocenters. The number of piperidine rings is 1. The Kier molecular flexibility index (Phi) is 6.24. The van der Waals surface area contributed by atoms with Crippen molar-refractivity contribution in [3.8, 4) is 5.75 Å². The van der Waals surface area contributed by atoms with Crippen molar-refractivity contribution in [3.05, 3.63) is 18.2 Å². The smallest absolute Gasteiger partial charge is 0.262 e. The molecule has 2 aliphatic rings. The van der Waals surface area contributed by atoms with Crippen LogP contribution < -0.4 is 10.1 Å². The predicted molar refractivity (Wildman–Crippen MR) is 105 cm³/mol. The van der Waals surface area contributed by atoms with Gasteiger partial charge in [-0.25, -0.2) is 8.42 Å². The summed E-state index contributed by atoms with van der Waals surface area (Å²) in [4.78, 5) is 25.9. The van der Waals surface area contributed by atoms with E-state index in [4.69, 9.17) is 4.74 Å². The SMILES string of the molecule is CCCCN(C)C(=O)C1CCN(S(=O)(=O)c2ccc3c(c2)NC(=O)CO3)CC1. The predicted octanol–water partition coefficient (Wildman–Crippen LogP) is 1.68. The molecule has 154 valence electrons. The van der Waals surface area contributed by atoms with Crippen molar-refractivity contribution in [2.45, 2.75) is 37.5 Å². The number of benzene rings is 1. The van der Waals surface area contributed by atoms with Gasteiger partial charge in [0.2, 0.25) is 15.9 Å². The number of carbonyl (C=O) groups is 2. The molecule has 3 rings (SSSR count). The van der Waals surface area contributed by atoms with Gasteiger partial charge >= 0.3 is 0 Å². The Labute approximate surface area is 165 Å². The van der Waals surface area contributed by atoms with Crippen molar-refractivity contribution in [1.82, 2.24) is 9.21 Å². The third-order valence-electron chi connectivity index (χ3n) is 5.25. The third-order valence-corrected chi connectivity index (χ3v) is 7.14. The summed E-state index contributed by atoms with van der Waals surface area (Å²) in [6.45, 7) is 3.35.